The zero-order valence-corrected chi connectivity index (χ0v) is 18.0. The highest BCUT2D eigenvalue weighted by Gasteiger charge is 2.25. The normalized spacial score (nSPS) is 18.0. The number of carbonyl (C=O) groups is 1. The van der Waals surface area contributed by atoms with E-state index in [1.165, 1.54) is 22.1 Å². The van der Waals surface area contributed by atoms with Gasteiger partial charge in [0.25, 0.3) is 0 Å². The molecule has 5 rings (SSSR count). The summed E-state index contributed by atoms with van der Waals surface area (Å²) in [6.07, 6.45) is 5.99. The van der Waals surface area contributed by atoms with Gasteiger partial charge in [-0.25, -0.2) is 0 Å². The van der Waals surface area contributed by atoms with Crippen LogP contribution in [0.25, 0.3) is 10.9 Å². The molecule has 1 saturated heterocycles. The molecule has 0 saturated carbocycles. The Morgan fingerprint density at radius 2 is 1.83 bits per heavy atom. The molecule has 0 aliphatic carbocycles. The molecule has 4 nitrogen and oxygen atoms in total. The molecule has 0 bridgehead atoms. The van der Waals surface area contributed by atoms with E-state index in [9.17, 15) is 4.79 Å². The van der Waals surface area contributed by atoms with Crippen LogP contribution in [0.2, 0.25) is 5.02 Å². The standard InChI is InChI=1S/C25H28ClN3O/c26-23-7-3-6-21-22(16-27-25(21)23)19-8-12-28(13-9-19)14-11-24(30)29-15-10-18-4-1-2-5-20(18)17-29/h1-7,16,19,27H,8-15,17H2. The second kappa shape index (κ2) is 8.44. The molecule has 5 heteroatoms. The molecule has 2 aromatic carbocycles. The minimum Gasteiger partial charge on any atom is -0.360 e. The third-order valence-corrected chi connectivity index (χ3v) is 7.16. The summed E-state index contributed by atoms with van der Waals surface area (Å²) in [4.78, 5) is 20.6. The Bertz CT molecular complexity index is 1050. The number of carbonyl (C=O) groups excluding carboxylic acids is 1. The van der Waals surface area contributed by atoms with E-state index in [-0.39, 0.29) is 5.91 Å². The Balaban J connectivity index is 1.13. The number of benzene rings is 2. The number of halogens is 1. The van der Waals surface area contributed by atoms with Crippen molar-refractivity contribution in [2.45, 2.75) is 38.1 Å². The molecule has 0 unspecified atom stereocenters. The van der Waals surface area contributed by atoms with Gasteiger partial charge in [0.2, 0.25) is 5.91 Å². The van der Waals surface area contributed by atoms with Gasteiger partial charge in [0, 0.05) is 37.6 Å². The predicted octanol–water partition coefficient (Wildman–Crippen LogP) is 4.98. The van der Waals surface area contributed by atoms with Crippen molar-refractivity contribution in [1.29, 1.82) is 0 Å². The number of hydrogen-bond acceptors (Lipinski definition) is 2. The molecule has 1 fully saturated rings. The van der Waals surface area contributed by atoms with Crippen LogP contribution >= 0.6 is 11.6 Å². The first-order chi connectivity index (χ1) is 14.7. The molecule has 1 amide bonds. The molecule has 1 aromatic heterocycles. The average molecular weight is 422 g/mol. The number of para-hydroxylation sites is 1. The highest BCUT2D eigenvalue weighted by atomic mass is 35.5. The van der Waals surface area contributed by atoms with Crippen LogP contribution in [0.5, 0.6) is 0 Å². The quantitative estimate of drug-likeness (QED) is 0.645. The highest BCUT2D eigenvalue weighted by Crippen LogP contribution is 2.35. The van der Waals surface area contributed by atoms with Gasteiger partial charge in [-0.05, 0) is 61.0 Å². The molecule has 0 spiro atoms. The number of H-pyrrole nitrogens is 1. The number of nitrogens with one attached hydrogen (secondary N) is 1. The maximum absolute atomic E-state index is 12.8. The number of likely N-dealkylation sites (tertiary alicyclic amines) is 1. The minimum atomic E-state index is 0.290. The van der Waals surface area contributed by atoms with Gasteiger partial charge >= 0.3 is 0 Å². The number of fused-ring (bicyclic) bond motifs is 2. The second-order valence-electron chi connectivity index (χ2n) is 8.61. The summed E-state index contributed by atoms with van der Waals surface area (Å²) in [7, 11) is 0. The van der Waals surface area contributed by atoms with Gasteiger partial charge in [0.05, 0.1) is 10.5 Å². The lowest BCUT2D eigenvalue weighted by molar-refractivity contribution is -0.132. The van der Waals surface area contributed by atoms with Gasteiger partial charge in [-0.3, -0.25) is 4.79 Å². The molecule has 2 aliphatic rings. The third kappa shape index (κ3) is 3.86. The fourth-order valence-electron chi connectivity index (χ4n) is 5.06. The number of amides is 1. The fourth-order valence-corrected chi connectivity index (χ4v) is 5.29. The van der Waals surface area contributed by atoms with Crippen molar-refractivity contribution in [3.63, 3.8) is 0 Å². The van der Waals surface area contributed by atoms with E-state index in [0.29, 0.717) is 12.3 Å². The Kier molecular flexibility index (Phi) is 5.53. The van der Waals surface area contributed by atoms with Crippen LogP contribution < -0.4 is 0 Å². The van der Waals surface area contributed by atoms with E-state index in [2.05, 4.69) is 46.4 Å². The number of rotatable bonds is 4. The number of nitrogens with zero attached hydrogens (tertiary/aromatic N) is 2. The van der Waals surface area contributed by atoms with Crippen LogP contribution in [0, 0.1) is 0 Å². The van der Waals surface area contributed by atoms with Gasteiger partial charge < -0.3 is 14.8 Å². The number of piperidine rings is 1. The lowest BCUT2D eigenvalue weighted by atomic mass is 9.89. The van der Waals surface area contributed by atoms with Crippen LogP contribution in [-0.4, -0.2) is 46.9 Å². The van der Waals surface area contributed by atoms with Crippen molar-refractivity contribution in [3.05, 3.63) is 70.4 Å². The molecule has 1 N–H and O–H groups in total. The van der Waals surface area contributed by atoms with Crippen molar-refractivity contribution in [1.82, 2.24) is 14.8 Å². The molecule has 2 aliphatic heterocycles. The lowest BCUT2D eigenvalue weighted by Crippen LogP contribution is -2.39. The first-order valence-corrected chi connectivity index (χ1v) is 11.4. The maximum atomic E-state index is 12.8. The van der Waals surface area contributed by atoms with E-state index >= 15 is 0 Å². The monoisotopic (exact) mass is 421 g/mol. The average Bonchev–Trinajstić information content (AvgIpc) is 3.23. The summed E-state index contributed by atoms with van der Waals surface area (Å²) in [5.41, 5.74) is 5.12. The zero-order chi connectivity index (χ0) is 20.5. The van der Waals surface area contributed by atoms with Crippen LogP contribution in [0.3, 0.4) is 0 Å². The second-order valence-corrected chi connectivity index (χ2v) is 9.01. The Morgan fingerprint density at radius 3 is 2.67 bits per heavy atom. The van der Waals surface area contributed by atoms with Gasteiger partial charge in [-0.1, -0.05) is 48.0 Å². The van der Waals surface area contributed by atoms with E-state index < -0.39 is 0 Å². The van der Waals surface area contributed by atoms with Crippen LogP contribution in [0.15, 0.2) is 48.7 Å². The number of aromatic amines is 1. The molecule has 0 atom stereocenters. The first kappa shape index (κ1) is 19.7. The SMILES string of the molecule is O=C(CCN1CCC(c2c[nH]c3c(Cl)cccc23)CC1)N1CCc2ccccc2C1. The summed E-state index contributed by atoms with van der Waals surface area (Å²) in [6, 6.07) is 14.6. The number of aromatic nitrogens is 1. The van der Waals surface area contributed by atoms with Gasteiger partial charge in [-0.15, -0.1) is 0 Å². The van der Waals surface area contributed by atoms with Crippen LogP contribution in [0.4, 0.5) is 0 Å². The molecule has 30 heavy (non-hydrogen) atoms. The summed E-state index contributed by atoms with van der Waals surface area (Å²) >= 11 is 6.32. The third-order valence-electron chi connectivity index (χ3n) is 6.85. The van der Waals surface area contributed by atoms with Crippen molar-refractivity contribution >= 4 is 28.4 Å². The zero-order valence-electron chi connectivity index (χ0n) is 17.2. The van der Waals surface area contributed by atoms with E-state index in [4.69, 9.17) is 11.6 Å². The smallest absolute Gasteiger partial charge is 0.224 e. The van der Waals surface area contributed by atoms with Crippen molar-refractivity contribution < 1.29 is 4.79 Å². The summed E-state index contributed by atoms with van der Waals surface area (Å²) in [5.74, 6) is 0.848. The number of hydrogen-bond donors (Lipinski definition) is 1. The summed E-state index contributed by atoms with van der Waals surface area (Å²) in [6.45, 7) is 4.58. The van der Waals surface area contributed by atoms with Crippen molar-refractivity contribution in [3.8, 4) is 0 Å². The van der Waals surface area contributed by atoms with Gasteiger partial charge in [0.1, 0.15) is 0 Å². The highest BCUT2D eigenvalue weighted by molar-refractivity contribution is 6.35. The Morgan fingerprint density at radius 1 is 1.03 bits per heavy atom. The Hall–Kier alpha value is -2.30. The topological polar surface area (TPSA) is 39.3 Å². The van der Waals surface area contributed by atoms with E-state index in [0.717, 1.165) is 62.5 Å². The molecular weight excluding hydrogens is 394 g/mol. The van der Waals surface area contributed by atoms with Gasteiger partial charge in [-0.2, -0.15) is 0 Å². The Labute approximate surface area is 182 Å². The molecular formula is C25H28ClN3O. The first-order valence-electron chi connectivity index (χ1n) is 11.0. The maximum Gasteiger partial charge on any atom is 0.224 e. The predicted molar refractivity (Wildman–Crippen MR) is 122 cm³/mol. The molecule has 3 aromatic rings. The van der Waals surface area contributed by atoms with E-state index in [1.54, 1.807) is 0 Å². The molecule has 0 radical (unpaired) electrons. The molecule has 156 valence electrons. The molecule has 3 heterocycles. The van der Waals surface area contributed by atoms with Crippen LogP contribution in [0.1, 0.15) is 41.9 Å². The summed E-state index contributed by atoms with van der Waals surface area (Å²) < 4.78 is 0. The fraction of sp³-hybridized carbons (Fsp3) is 0.400. The summed E-state index contributed by atoms with van der Waals surface area (Å²) in [5, 5.41) is 2.04. The van der Waals surface area contributed by atoms with Gasteiger partial charge in [0.15, 0.2) is 0 Å². The van der Waals surface area contributed by atoms with Crippen LogP contribution in [-0.2, 0) is 17.8 Å². The lowest BCUT2D eigenvalue weighted by Gasteiger charge is -2.33. The van der Waals surface area contributed by atoms with E-state index in [1.807, 2.05) is 17.0 Å². The minimum absolute atomic E-state index is 0.290. The van der Waals surface area contributed by atoms with Crippen molar-refractivity contribution in [2.24, 2.45) is 0 Å². The largest absolute Gasteiger partial charge is 0.360 e. The van der Waals surface area contributed by atoms with Crippen molar-refractivity contribution in [2.75, 3.05) is 26.2 Å².